The summed E-state index contributed by atoms with van der Waals surface area (Å²) in [6.45, 7) is 5.82. The zero-order valence-electron chi connectivity index (χ0n) is 17.5. The van der Waals surface area contributed by atoms with Gasteiger partial charge >= 0.3 is 5.69 Å². The largest absolute Gasteiger partial charge is 0.488 e. The van der Waals surface area contributed by atoms with E-state index in [-0.39, 0.29) is 17.4 Å². The Hall–Kier alpha value is -3.13. The summed E-state index contributed by atoms with van der Waals surface area (Å²) in [5, 5.41) is 0. The predicted octanol–water partition coefficient (Wildman–Crippen LogP) is 2.27. The van der Waals surface area contributed by atoms with Crippen molar-refractivity contribution >= 4 is 23.3 Å². The Morgan fingerprint density at radius 2 is 1.87 bits per heavy atom. The molecule has 0 radical (unpaired) electrons. The summed E-state index contributed by atoms with van der Waals surface area (Å²) in [5.74, 6) is 1.43. The number of nitrogens with zero attached hydrogens (tertiary/aromatic N) is 4. The Morgan fingerprint density at radius 1 is 1.13 bits per heavy atom. The van der Waals surface area contributed by atoms with Crippen molar-refractivity contribution < 1.29 is 9.47 Å². The highest BCUT2D eigenvalue weighted by Gasteiger charge is 2.18. The monoisotopic (exact) mass is 410 g/mol. The molecule has 3 heterocycles. The van der Waals surface area contributed by atoms with Crippen LogP contribution in [0.4, 0.5) is 0 Å². The van der Waals surface area contributed by atoms with E-state index < -0.39 is 0 Å². The van der Waals surface area contributed by atoms with Gasteiger partial charge in [-0.3, -0.25) is 13.9 Å². The van der Waals surface area contributed by atoms with Crippen LogP contribution in [0.5, 0.6) is 5.75 Å². The van der Waals surface area contributed by atoms with Crippen LogP contribution in [0, 0.1) is 0 Å². The molecular formula is C22H26N4O4. The average Bonchev–Trinajstić information content (AvgIpc) is 3.36. The van der Waals surface area contributed by atoms with Crippen LogP contribution in [-0.4, -0.2) is 38.0 Å². The number of fused-ring (bicyclic) bond motifs is 1. The molecule has 0 amide bonds. The highest BCUT2D eigenvalue weighted by atomic mass is 16.5. The topological polar surface area (TPSA) is 80.3 Å². The third kappa shape index (κ3) is 3.59. The SMILES string of the molecule is CCn1c(=O)c2c(nc(/C=C/c3ccc(OC4CCOC4)cc3)n2C)n(CC)c1=O. The fraction of sp³-hybridized carbons (Fsp3) is 0.409. The van der Waals surface area contributed by atoms with Gasteiger partial charge in [0.1, 0.15) is 17.7 Å². The number of hydrogen-bond acceptors (Lipinski definition) is 5. The van der Waals surface area contributed by atoms with E-state index in [0.717, 1.165) is 24.3 Å². The normalized spacial score (nSPS) is 16.7. The molecule has 8 heteroatoms. The van der Waals surface area contributed by atoms with Crippen molar-refractivity contribution in [3.05, 3.63) is 56.5 Å². The van der Waals surface area contributed by atoms with Crippen LogP contribution in [0.2, 0.25) is 0 Å². The third-order valence-corrected chi connectivity index (χ3v) is 5.40. The minimum absolute atomic E-state index is 0.120. The Balaban J connectivity index is 1.64. The molecule has 0 spiro atoms. The molecule has 2 aromatic heterocycles. The number of imidazole rings is 1. The Kier molecular flexibility index (Phi) is 5.59. The average molecular weight is 410 g/mol. The minimum atomic E-state index is -0.325. The number of aromatic nitrogens is 4. The van der Waals surface area contributed by atoms with Gasteiger partial charge in [0.05, 0.1) is 13.2 Å². The van der Waals surface area contributed by atoms with Crippen molar-refractivity contribution in [1.29, 1.82) is 0 Å². The number of benzene rings is 1. The molecule has 1 fully saturated rings. The number of aryl methyl sites for hydroxylation is 2. The maximum Gasteiger partial charge on any atom is 0.332 e. The van der Waals surface area contributed by atoms with Crippen molar-refractivity contribution in [2.45, 2.75) is 39.5 Å². The van der Waals surface area contributed by atoms with Crippen molar-refractivity contribution in [2.24, 2.45) is 7.05 Å². The Morgan fingerprint density at radius 3 is 2.50 bits per heavy atom. The van der Waals surface area contributed by atoms with Crippen molar-refractivity contribution in [2.75, 3.05) is 13.2 Å². The van der Waals surface area contributed by atoms with Crippen LogP contribution < -0.4 is 16.0 Å². The molecule has 1 unspecified atom stereocenters. The molecule has 1 saturated heterocycles. The van der Waals surface area contributed by atoms with E-state index in [1.54, 1.807) is 18.5 Å². The maximum absolute atomic E-state index is 12.8. The molecule has 30 heavy (non-hydrogen) atoms. The summed E-state index contributed by atoms with van der Waals surface area (Å²) in [6, 6.07) is 7.80. The summed E-state index contributed by atoms with van der Waals surface area (Å²) < 4.78 is 15.7. The number of ether oxygens (including phenoxy) is 2. The van der Waals surface area contributed by atoms with Crippen LogP contribution in [0.3, 0.4) is 0 Å². The molecule has 1 aliphatic rings. The second-order valence-electron chi connectivity index (χ2n) is 7.28. The van der Waals surface area contributed by atoms with Gasteiger partial charge in [0.15, 0.2) is 11.2 Å². The lowest BCUT2D eigenvalue weighted by Gasteiger charge is -2.11. The quantitative estimate of drug-likeness (QED) is 0.623. The molecule has 0 aliphatic carbocycles. The molecule has 0 bridgehead atoms. The van der Waals surface area contributed by atoms with Gasteiger partial charge in [-0.05, 0) is 37.6 Å². The van der Waals surface area contributed by atoms with Gasteiger partial charge in [0.25, 0.3) is 5.56 Å². The van der Waals surface area contributed by atoms with E-state index in [4.69, 9.17) is 9.47 Å². The summed E-state index contributed by atoms with van der Waals surface area (Å²) in [7, 11) is 1.79. The van der Waals surface area contributed by atoms with Crippen molar-refractivity contribution in [3.8, 4) is 5.75 Å². The Labute approximate surface area is 174 Å². The molecule has 8 nitrogen and oxygen atoms in total. The summed E-state index contributed by atoms with van der Waals surface area (Å²) in [4.78, 5) is 29.9. The molecule has 4 rings (SSSR count). The molecule has 1 atom stereocenters. The summed E-state index contributed by atoms with van der Waals surface area (Å²) >= 11 is 0. The highest BCUT2D eigenvalue weighted by molar-refractivity contribution is 5.76. The van der Waals surface area contributed by atoms with Crippen LogP contribution in [0.15, 0.2) is 33.9 Å². The van der Waals surface area contributed by atoms with Crippen molar-refractivity contribution in [3.63, 3.8) is 0 Å². The van der Waals surface area contributed by atoms with Crippen LogP contribution >= 0.6 is 0 Å². The molecule has 0 N–H and O–H groups in total. The van der Waals surface area contributed by atoms with Gasteiger partial charge in [-0.2, -0.15) is 0 Å². The fourth-order valence-electron chi connectivity index (χ4n) is 3.72. The summed E-state index contributed by atoms with van der Waals surface area (Å²) in [6.07, 6.45) is 4.81. The van der Waals surface area contributed by atoms with E-state index in [2.05, 4.69) is 4.98 Å². The Bertz CT molecular complexity index is 1200. The molecule has 1 aliphatic heterocycles. The van der Waals surface area contributed by atoms with Crippen molar-refractivity contribution in [1.82, 2.24) is 18.7 Å². The van der Waals surface area contributed by atoms with Gasteiger partial charge in [0, 0.05) is 26.6 Å². The molecule has 158 valence electrons. The third-order valence-electron chi connectivity index (χ3n) is 5.40. The van der Waals surface area contributed by atoms with Crippen LogP contribution in [-0.2, 0) is 24.9 Å². The molecule has 1 aromatic carbocycles. The zero-order valence-corrected chi connectivity index (χ0v) is 17.5. The first-order chi connectivity index (χ1) is 14.5. The minimum Gasteiger partial charge on any atom is -0.488 e. The predicted molar refractivity (Wildman–Crippen MR) is 116 cm³/mol. The van der Waals surface area contributed by atoms with E-state index in [1.807, 2.05) is 43.3 Å². The van der Waals surface area contributed by atoms with E-state index >= 15 is 0 Å². The lowest BCUT2D eigenvalue weighted by atomic mass is 10.2. The van der Waals surface area contributed by atoms with Gasteiger partial charge in [-0.15, -0.1) is 0 Å². The maximum atomic E-state index is 12.8. The summed E-state index contributed by atoms with van der Waals surface area (Å²) in [5.41, 5.74) is 1.20. The first kappa shape index (κ1) is 20.2. The second kappa shape index (κ2) is 8.31. The number of hydrogen-bond donors (Lipinski definition) is 0. The standard InChI is InChI=1S/C22H26N4O4/c1-4-25-20-19(21(27)26(5-2)22(25)28)24(3)18(23-20)11-8-15-6-9-16(10-7-15)30-17-12-13-29-14-17/h6-11,17H,4-5,12-14H2,1-3H3/b11-8+. The van der Waals surface area contributed by atoms with Gasteiger partial charge < -0.3 is 14.0 Å². The zero-order chi connectivity index (χ0) is 21.3. The molecular weight excluding hydrogens is 384 g/mol. The van der Waals surface area contributed by atoms with Crippen LogP contribution in [0.25, 0.3) is 23.3 Å². The first-order valence-electron chi connectivity index (χ1n) is 10.3. The van der Waals surface area contributed by atoms with E-state index in [0.29, 0.717) is 36.7 Å². The highest BCUT2D eigenvalue weighted by Crippen LogP contribution is 2.19. The molecule has 0 saturated carbocycles. The smallest absolute Gasteiger partial charge is 0.332 e. The van der Waals surface area contributed by atoms with Gasteiger partial charge in [-0.1, -0.05) is 18.2 Å². The van der Waals surface area contributed by atoms with Gasteiger partial charge in [-0.25, -0.2) is 9.78 Å². The number of rotatable bonds is 6. The van der Waals surface area contributed by atoms with Crippen LogP contribution in [0.1, 0.15) is 31.7 Å². The van der Waals surface area contributed by atoms with Gasteiger partial charge in [0.2, 0.25) is 0 Å². The lowest BCUT2D eigenvalue weighted by molar-refractivity contribution is 0.141. The first-order valence-corrected chi connectivity index (χ1v) is 10.3. The fourth-order valence-corrected chi connectivity index (χ4v) is 3.72. The molecule has 3 aromatic rings. The van der Waals surface area contributed by atoms with E-state index in [1.165, 1.54) is 9.13 Å². The van der Waals surface area contributed by atoms with E-state index in [9.17, 15) is 9.59 Å². The second-order valence-corrected chi connectivity index (χ2v) is 7.28. The lowest BCUT2D eigenvalue weighted by Crippen LogP contribution is -2.39.